The molecule has 2 aromatic rings. The SMILES string of the molecule is CC(C)(C)c1ccc(C(CC(=O)O)NC(=O)Cn2ccc(C(F)(F)F)n2)cc1. The Balaban J connectivity index is 2.12. The molecule has 0 aliphatic rings. The number of halogens is 3. The number of carboxylic acid groups (broad SMARTS) is 1. The summed E-state index contributed by atoms with van der Waals surface area (Å²) >= 11 is 0. The Morgan fingerprint density at radius 2 is 1.75 bits per heavy atom. The molecule has 2 N–H and O–H groups in total. The highest BCUT2D eigenvalue weighted by Crippen LogP contribution is 2.27. The molecule has 1 atom stereocenters. The molecule has 0 radical (unpaired) electrons. The van der Waals surface area contributed by atoms with Gasteiger partial charge in [0.2, 0.25) is 5.91 Å². The number of carboxylic acids is 1. The summed E-state index contributed by atoms with van der Waals surface area (Å²) < 4.78 is 38.6. The minimum absolute atomic E-state index is 0.0830. The molecule has 0 bridgehead atoms. The summed E-state index contributed by atoms with van der Waals surface area (Å²) in [5, 5.41) is 15.0. The Kier molecular flexibility index (Phi) is 6.16. The largest absolute Gasteiger partial charge is 0.481 e. The Morgan fingerprint density at radius 3 is 2.21 bits per heavy atom. The van der Waals surface area contributed by atoms with E-state index in [2.05, 4.69) is 10.4 Å². The van der Waals surface area contributed by atoms with Gasteiger partial charge in [-0.15, -0.1) is 0 Å². The summed E-state index contributed by atoms with van der Waals surface area (Å²) in [4.78, 5) is 23.4. The highest BCUT2D eigenvalue weighted by Gasteiger charge is 2.33. The number of benzene rings is 1. The van der Waals surface area contributed by atoms with Gasteiger partial charge in [0.1, 0.15) is 6.54 Å². The molecule has 28 heavy (non-hydrogen) atoms. The summed E-state index contributed by atoms with van der Waals surface area (Å²) in [6.45, 7) is 5.67. The van der Waals surface area contributed by atoms with Gasteiger partial charge in [-0.05, 0) is 22.6 Å². The second kappa shape index (κ2) is 8.04. The van der Waals surface area contributed by atoms with Crippen LogP contribution in [0.5, 0.6) is 0 Å². The maximum atomic E-state index is 12.6. The number of rotatable bonds is 6. The molecule has 1 amide bonds. The predicted octanol–water partition coefficient (Wildman–Crippen LogP) is 3.53. The van der Waals surface area contributed by atoms with E-state index in [4.69, 9.17) is 5.11 Å². The van der Waals surface area contributed by atoms with Gasteiger partial charge in [-0.2, -0.15) is 18.3 Å². The molecule has 0 spiro atoms. The van der Waals surface area contributed by atoms with Crippen molar-refractivity contribution in [1.82, 2.24) is 15.1 Å². The van der Waals surface area contributed by atoms with Crippen LogP contribution in [0.1, 0.15) is 50.1 Å². The molecule has 0 saturated heterocycles. The molecular weight excluding hydrogens is 375 g/mol. The fourth-order valence-electron chi connectivity index (χ4n) is 2.63. The number of aliphatic carboxylic acids is 1. The molecule has 0 aliphatic heterocycles. The van der Waals surface area contributed by atoms with Crippen molar-refractivity contribution in [2.75, 3.05) is 0 Å². The summed E-state index contributed by atoms with van der Waals surface area (Å²) in [6.07, 6.45) is -3.90. The van der Waals surface area contributed by atoms with Crippen molar-refractivity contribution in [3.63, 3.8) is 0 Å². The fourth-order valence-corrected chi connectivity index (χ4v) is 2.63. The van der Waals surface area contributed by atoms with Crippen LogP contribution in [-0.4, -0.2) is 26.8 Å². The van der Waals surface area contributed by atoms with Crippen LogP contribution >= 0.6 is 0 Å². The zero-order valence-electron chi connectivity index (χ0n) is 15.7. The molecule has 1 heterocycles. The minimum atomic E-state index is -4.59. The topological polar surface area (TPSA) is 84.2 Å². The molecule has 0 aliphatic carbocycles. The van der Waals surface area contributed by atoms with E-state index in [0.717, 1.165) is 22.5 Å². The van der Waals surface area contributed by atoms with Crippen LogP contribution in [0, 0.1) is 0 Å². The lowest BCUT2D eigenvalue weighted by molar-refractivity contribution is -0.142. The number of alkyl halides is 3. The van der Waals surface area contributed by atoms with Gasteiger partial charge in [-0.1, -0.05) is 45.0 Å². The number of hydrogen-bond donors (Lipinski definition) is 2. The Hall–Kier alpha value is -2.84. The first-order valence-corrected chi connectivity index (χ1v) is 8.58. The van der Waals surface area contributed by atoms with E-state index in [9.17, 15) is 22.8 Å². The normalized spacial score (nSPS) is 13.2. The van der Waals surface area contributed by atoms with E-state index < -0.39 is 36.3 Å². The third kappa shape index (κ3) is 5.83. The lowest BCUT2D eigenvalue weighted by Crippen LogP contribution is -2.33. The van der Waals surface area contributed by atoms with Crippen molar-refractivity contribution in [3.05, 3.63) is 53.3 Å². The second-order valence-electron chi connectivity index (χ2n) is 7.49. The Labute approximate surface area is 160 Å². The maximum absolute atomic E-state index is 12.6. The van der Waals surface area contributed by atoms with E-state index in [1.54, 1.807) is 12.1 Å². The van der Waals surface area contributed by atoms with Crippen LogP contribution in [0.25, 0.3) is 0 Å². The van der Waals surface area contributed by atoms with Gasteiger partial charge >= 0.3 is 12.1 Å². The number of nitrogens with one attached hydrogen (secondary N) is 1. The maximum Gasteiger partial charge on any atom is 0.435 e. The van der Waals surface area contributed by atoms with Crippen LogP contribution in [0.4, 0.5) is 13.2 Å². The number of nitrogens with zero attached hydrogens (tertiary/aromatic N) is 2. The minimum Gasteiger partial charge on any atom is -0.481 e. The molecular formula is C19H22F3N3O3. The average molecular weight is 397 g/mol. The standard InChI is InChI=1S/C19H22F3N3O3/c1-18(2,3)13-6-4-12(5-7-13)14(10-17(27)28)23-16(26)11-25-9-8-15(24-25)19(20,21)22/h4-9,14H,10-11H2,1-3H3,(H,23,26)(H,27,28). The van der Waals surface area contributed by atoms with E-state index in [-0.39, 0.29) is 11.8 Å². The van der Waals surface area contributed by atoms with Crippen molar-refractivity contribution in [1.29, 1.82) is 0 Å². The summed E-state index contributed by atoms with van der Waals surface area (Å²) in [5.41, 5.74) is 0.466. The van der Waals surface area contributed by atoms with Crippen LogP contribution in [0.15, 0.2) is 36.5 Å². The Bertz CT molecular complexity index is 837. The van der Waals surface area contributed by atoms with Crippen molar-refractivity contribution in [3.8, 4) is 0 Å². The molecule has 1 aromatic carbocycles. The molecule has 6 nitrogen and oxygen atoms in total. The number of carbonyl (C=O) groups excluding carboxylic acids is 1. The molecule has 152 valence electrons. The van der Waals surface area contributed by atoms with Crippen molar-refractivity contribution in [2.24, 2.45) is 0 Å². The number of aromatic nitrogens is 2. The smallest absolute Gasteiger partial charge is 0.435 e. The van der Waals surface area contributed by atoms with Gasteiger partial charge < -0.3 is 10.4 Å². The van der Waals surface area contributed by atoms with E-state index in [0.29, 0.717) is 5.56 Å². The van der Waals surface area contributed by atoms with E-state index in [1.807, 2.05) is 32.9 Å². The molecule has 9 heteroatoms. The number of carbonyl (C=O) groups is 2. The van der Waals surface area contributed by atoms with Crippen LogP contribution in [0.2, 0.25) is 0 Å². The highest BCUT2D eigenvalue weighted by molar-refractivity contribution is 5.77. The van der Waals surface area contributed by atoms with Gasteiger partial charge in [0.15, 0.2) is 5.69 Å². The van der Waals surface area contributed by atoms with Gasteiger partial charge in [0, 0.05) is 6.20 Å². The summed E-state index contributed by atoms with van der Waals surface area (Å²) in [5.74, 6) is -1.74. The molecule has 1 unspecified atom stereocenters. The fraction of sp³-hybridized carbons (Fsp3) is 0.421. The highest BCUT2D eigenvalue weighted by atomic mass is 19.4. The van der Waals surface area contributed by atoms with Gasteiger partial charge in [-0.3, -0.25) is 14.3 Å². The quantitative estimate of drug-likeness (QED) is 0.781. The number of hydrogen-bond acceptors (Lipinski definition) is 3. The van der Waals surface area contributed by atoms with Crippen molar-refractivity contribution < 1.29 is 27.9 Å². The molecule has 0 fully saturated rings. The molecule has 2 rings (SSSR count). The first kappa shape index (κ1) is 21.5. The predicted molar refractivity (Wildman–Crippen MR) is 95.5 cm³/mol. The van der Waals surface area contributed by atoms with Crippen LogP contribution in [-0.2, 0) is 27.7 Å². The monoisotopic (exact) mass is 397 g/mol. The average Bonchev–Trinajstić information content (AvgIpc) is 3.02. The Morgan fingerprint density at radius 1 is 1.14 bits per heavy atom. The van der Waals surface area contributed by atoms with E-state index >= 15 is 0 Å². The number of amides is 1. The van der Waals surface area contributed by atoms with Gasteiger partial charge in [0.25, 0.3) is 0 Å². The van der Waals surface area contributed by atoms with Gasteiger partial charge in [0.05, 0.1) is 12.5 Å². The third-order valence-electron chi connectivity index (χ3n) is 4.13. The van der Waals surface area contributed by atoms with Crippen LogP contribution in [0.3, 0.4) is 0 Å². The first-order valence-electron chi connectivity index (χ1n) is 8.58. The first-order chi connectivity index (χ1) is 12.9. The second-order valence-corrected chi connectivity index (χ2v) is 7.49. The lowest BCUT2D eigenvalue weighted by Gasteiger charge is -2.22. The molecule has 0 saturated carbocycles. The summed E-state index contributed by atoms with van der Waals surface area (Å²) in [6, 6.07) is 7.16. The third-order valence-corrected chi connectivity index (χ3v) is 4.13. The van der Waals surface area contributed by atoms with Crippen molar-refractivity contribution >= 4 is 11.9 Å². The van der Waals surface area contributed by atoms with Gasteiger partial charge in [-0.25, -0.2) is 0 Å². The molecule has 1 aromatic heterocycles. The van der Waals surface area contributed by atoms with E-state index in [1.165, 1.54) is 0 Å². The summed E-state index contributed by atoms with van der Waals surface area (Å²) in [7, 11) is 0. The van der Waals surface area contributed by atoms with Crippen molar-refractivity contribution in [2.45, 2.75) is 51.4 Å². The zero-order valence-corrected chi connectivity index (χ0v) is 15.7. The lowest BCUT2D eigenvalue weighted by atomic mass is 9.86. The van der Waals surface area contributed by atoms with Crippen LogP contribution < -0.4 is 5.32 Å². The zero-order chi connectivity index (χ0) is 21.1.